The molecule has 0 spiro atoms. The zero-order valence-electron chi connectivity index (χ0n) is 19.6. The van der Waals surface area contributed by atoms with Gasteiger partial charge >= 0.3 is 28.4 Å². The van der Waals surface area contributed by atoms with E-state index in [1.54, 1.807) is 0 Å². The Bertz CT molecular complexity index is 1050. The first kappa shape index (κ1) is 27.1. The maximum Gasteiger partial charge on any atom is -0.0253 e. The Balaban J connectivity index is 0.000000168. The Morgan fingerprint density at radius 1 is 0.676 bits per heavy atom. The van der Waals surface area contributed by atoms with Crippen molar-refractivity contribution in [2.24, 2.45) is 0 Å². The van der Waals surface area contributed by atoms with Crippen LogP contribution in [0.15, 0.2) is 121 Å². The van der Waals surface area contributed by atoms with Crippen molar-refractivity contribution in [3.63, 3.8) is 0 Å². The van der Waals surface area contributed by atoms with Crippen LogP contribution in [0.1, 0.15) is 28.7 Å². The molecule has 0 aromatic heterocycles. The van der Waals surface area contributed by atoms with Crippen molar-refractivity contribution < 1.29 is 24.2 Å². The van der Waals surface area contributed by atoms with Gasteiger partial charge in [-0.3, -0.25) is 6.08 Å². The van der Waals surface area contributed by atoms with E-state index in [1.807, 2.05) is 78.9 Å². The fraction of sp³-hybridized carbons (Fsp3) is 0.0606. The minimum Gasteiger partial charge on any atom is -0.179 e. The standard InChI is InChI=1S/C13H9.2C7H7.C5H5.CH2.Zr/c1-3-7-12-10(5-1)9-11-6-2-4-8-13(11)12;2*1-7-5-3-2-4-6-7;1-2-4-5-3-1;;/h1-5,7-8H,9H2;2*2-6H,1H2;1-3H,4H2;1H2;/q4*-1;;. The summed E-state index contributed by atoms with van der Waals surface area (Å²) >= 11 is 1.30. The van der Waals surface area contributed by atoms with Crippen LogP contribution in [0.3, 0.4) is 0 Å². The van der Waals surface area contributed by atoms with Gasteiger partial charge in [-0.1, -0.05) is 47.5 Å². The quantitative estimate of drug-likeness (QED) is 0.182. The summed E-state index contributed by atoms with van der Waals surface area (Å²) in [6.07, 6.45) is 11.0. The molecule has 2 aliphatic rings. The van der Waals surface area contributed by atoms with Gasteiger partial charge in [-0.15, -0.1) is 36.2 Å². The number of hydrogen-bond donors (Lipinski definition) is 0. The molecule has 4 aromatic rings. The molecule has 0 N–H and O–H groups in total. The molecule has 6 rings (SSSR count). The molecule has 0 nitrogen and oxygen atoms in total. The smallest absolute Gasteiger partial charge is 0.0253 e. The van der Waals surface area contributed by atoms with Crippen molar-refractivity contribution in [2.75, 3.05) is 0 Å². The van der Waals surface area contributed by atoms with E-state index in [9.17, 15) is 0 Å². The molecule has 1 heteroatoms. The number of fused-ring (bicyclic) bond motifs is 3. The van der Waals surface area contributed by atoms with E-state index in [-0.39, 0.29) is 0 Å². The monoisotopic (exact) mass is 516 g/mol. The summed E-state index contributed by atoms with van der Waals surface area (Å²) in [5.41, 5.74) is 7.65. The second-order valence-electron chi connectivity index (χ2n) is 7.37. The van der Waals surface area contributed by atoms with Crippen molar-refractivity contribution in [1.29, 1.82) is 0 Å². The predicted octanol–water partition coefficient (Wildman–Crippen LogP) is 8.07. The van der Waals surface area contributed by atoms with Gasteiger partial charge in [0.05, 0.1) is 0 Å². The molecule has 0 amide bonds. The second-order valence-corrected chi connectivity index (χ2v) is 7.37. The van der Waals surface area contributed by atoms with Gasteiger partial charge in [0.1, 0.15) is 0 Å². The summed E-state index contributed by atoms with van der Waals surface area (Å²) < 4.78 is 3.34. The molecular weight excluding hydrogens is 488 g/mol. The van der Waals surface area contributed by atoms with Crippen LogP contribution in [-0.2, 0) is 30.7 Å². The van der Waals surface area contributed by atoms with E-state index >= 15 is 0 Å². The van der Waals surface area contributed by atoms with Crippen LogP contribution < -0.4 is 0 Å². The zero-order valence-corrected chi connectivity index (χ0v) is 22.0. The molecule has 0 unspecified atom stereocenters. The number of allylic oxidation sites excluding steroid dienone is 4. The molecule has 0 atom stereocenters. The summed E-state index contributed by atoms with van der Waals surface area (Å²) in [6, 6.07) is 37.9. The molecule has 2 aliphatic carbocycles. The second kappa shape index (κ2) is 16.5. The molecule has 0 bridgehead atoms. The van der Waals surface area contributed by atoms with Gasteiger partial charge in [-0.2, -0.15) is 85.1 Å². The van der Waals surface area contributed by atoms with Gasteiger partial charge in [0.2, 0.25) is 0 Å². The fourth-order valence-corrected chi connectivity index (χ4v) is 3.29. The van der Waals surface area contributed by atoms with Gasteiger partial charge in [-0.25, -0.2) is 12.2 Å². The van der Waals surface area contributed by atoms with E-state index < -0.39 is 0 Å². The van der Waals surface area contributed by atoms with E-state index in [4.69, 9.17) is 0 Å². The molecule has 170 valence electrons. The van der Waals surface area contributed by atoms with Crippen molar-refractivity contribution >= 4 is 4.21 Å². The van der Waals surface area contributed by atoms with Crippen molar-refractivity contribution in [1.82, 2.24) is 0 Å². The third kappa shape index (κ3) is 9.78. The largest absolute Gasteiger partial charge is 0.179 e. The zero-order chi connectivity index (χ0) is 24.4. The Labute approximate surface area is 221 Å². The molecule has 0 aliphatic heterocycles. The molecule has 4 aromatic carbocycles. The van der Waals surface area contributed by atoms with Crippen LogP contribution in [0, 0.1) is 26.0 Å². The minimum atomic E-state index is 1.01. The van der Waals surface area contributed by atoms with Gasteiger partial charge < -0.3 is 0 Å². The van der Waals surface area contributed by atoms with Crippen LogP contribution in [-0.4, -0.2) is 4.21 Å². The molecule has 0 heterocycles. The molecule has 0 saturated carbocycles. The molecule has 34 heavy (non-hydrogen) atoms. The summed E-state index contributed by atoms with van der Waals surface area (Å²) in [4.78, 5) is 0. The first-order chi connectivity index (χ1) is 16.7. The fourth-order valence-electron chi connectivity index (χ4n) is 3.29. The number of rotatable bonds is 0. The van der Waals surface area contributed by atoms with E-state index in [0.29, 0.717) is 0 Å². The predicted molar refractivity (Wildman–Crippen MR) is 144 cm³/mol. The van der Waals surface area contributed by atoms with Crippen molar-refractivity contribution in [2.45, 2.75) is 12.8 Å². The Hall–Kier alpha value is -3.15. The SMILES string of the molecule is [C-]1=CC=CC1.[CH2-]c1ccccc1.[CH2-]c1ccccc1.[CH2]=[Zr].[c-]1cccc2c1Cc1ccccc1-2. The van der Waals surface area contributed by atoms with Crippen LogP contribution in [0.2, 0.25) is 0 Å². The third-order valence-corrected chi connectivity index (χ3v) is 4.89. The van der Waals surface area contributed by atoms with Crippen LogP contribution in [0.4, 0.5) is 0 Å². The Morgan fingerprint density at radius 3 is 1.71 bits per heavy atom. The van der Waals surface area contributed by atoms with Gasteiger partial charge in [0.15, 0.2) is 0 Å². The average Bonchev–Trinajstić information content (AvgIpc) is 3.59. The summed E-state index contributed by atoms with van der Waals surface area (Å²) in [7, 11) is 0. The first-order valence-electron chi connectivity index (χ1n) is 11.1. The van der Waals surface area contributed by atoms with Crippen molar-refractivity contribution in [3.05, 3.63) is 170 Å². The number of benzene rings is 4. The van der Waals surface area contributed by atoms with Crippen LogP contribution in [0.25, 0.3) is 11.1 Å². The molecule has 0 fully saturated rings. The van der Waals surface area contributed by atoms with Gasteiger partial charge in [0.25, 0.3) is 0 Å². The molecular formula is C33H30Zr-4. The molecule has 0 radical (unpaired) electrons. The summed E-state index contributed by atoms with van der Waals surface area (Å²) in [6.45, 7) is 7.44. The van der Waals surface area contributed by atoms with Crippen molar-refractivity contribution in [3.8, 4) is 11.1 Å². The first-order valence-corrected chi connectivity index (χ1v) is 12.9. The van der Waals surface area contributed by atoms with E-state index in [0.717, 1.165) is 24.0 Å². The molecule has 0 saturated heterocycles. The maximum absolute atomic E-state index is 3.72. The number of hydrogen-bond acceptors (Lipinski definition) is 0. The van der Waals surface area contributed by atoms with Gasteiger partial charge in [-0.05, 0) is 6.42 Å². The van der Waals surface area contributed by atoms with Crippen LogP contribution in [0.5, 0.6) is 0 Å². The normalized spacial score (nSPS) is 10.9. The van der Waals surface area contributed by atoms with Crippen LogP contribution >= 0.6 is 0 Å². The summed E-state index contributed by atoms with van der Waals surface area (Å²) in [5, 5.41) is 0. The maximum atomic E-state index is 3.72. The average molecular weight is 518 g/mol. The van der Waals surface area contributed by atoms with Gasteiger partial charge in [0, 0.05) is 0 Å². The van der Waals surface area contributed by atoms with E-state index in [2.05, 4.69) is 72.7 Å². The Kier molecular flexibility index (Phi) is 13.1. The minimum absolute atomic E-state index is 1.01. The summed E-state index contributed by atoms with van der Waals surface area (Å²) in [5.74, 6) is 0. The third-order valence-electron chi connectivity index (χ3n) is 4.89. The topological polar surface area (TPSA) is 0 Å². The van der Waals surface area contributed by atoms with E-state index in [1.165, 1.54) is 46.5 Å². The Morgan fingerprint density at radius 2 is 1.24 bits per heavy atom.